The van der Waals surface area contributed by atoms with Crippen LogP contribution in [0, 0.1) is 0 Å². The fourth-order valence-corrected chi connectivity index (χ4v) is 2.27. The van der Waals surface area contributed by atoms with E-state index in [0.717, 1.165) is 10.7 Å². The van der Waals surface area contributed by atoms with Crippen molar-refractivity contribution in [3.8, 4) is 10.7 Å². The number of nitrogens with zero attached hydrogens (tertiary/aromatic N) is 2. The predicted molar refractivity (Wildman–Crippen MR) is 66.4 cm³/mol. The first-order valence-corrected chi connectivity index (χ1v) is 6.11. The van der Waals surface area contributed by atoms with E-state index in [1.165, 1.54) is 17.5 Å². The monoisotopic (exact) mass is 248 g/mol. The summed E-state index contributed by atoms with van der Waals surface area (Å²) in [6.07, 6.45) is 1.36. The second-order valence-electron chi connectivity index (χ2n) is 3.97. The molecule has 0 spiro atoms. The van der Waals surface area contributed by atoms with Gasteiger partial charge < -0.3 is 5.11 Å². The summed E-state index contributed by atoms with van der Waals surface area (Å²) in [5.74, 6) is -0.579. The van der Waals surface area contributed by atoms with E-state index >= 15 is 0 Å². The largest absolute Gasteiger partial charge is 0.478 e. The predicted octanol–water partition coefficient (Wildman–Crippen LogP) is 3.03. The molecule has 0 atom stereocenters. The summed E-state index contributed by atoms with van der Waals surface area (Å²) >= 11 is 1.52. The molecule has 2 rings (SSSR count). The van der Waals surface area contributed by atoms with Crippen LogP contribution in [-0.2, 0) is 0 Å². The smallest absolute Gasteiger partial charge is 0.337 e. The van der Waals surface area contributed by atoms with Gasteiger partial charge in [0.25, 0.3) is 0 Å². The van der Waals surface area contributed by atoms with Gasteiger partial charge in [-0.25, -0.2) is 9.78 Å². The molecule has 0 saturated heterocycles. The first-order chi connectivity index (χ1) is 8.08. The van der Waals surface area contributed by atoms with Crippen LogP contribution in [0.4, 0.5) is 0 Å². The summed E-state index contributed by atoms with van der Waals surface area (Å²) in [6.45, 7) is 4.17. The van der Waals surface area contributed by atoms with Gasteiger partial charge >= 0.3 is 5.97 Å². The van der Waals surface area contributed by atoms with E-state index in [1.807, 2.05) is 5.38 Å². The molecule has 2 aromatic heterocycles. The molecule has 0 aliphatic heterocycles. The summed E-state index contributed by atoms with van der Waals surface area (Å²) in [5, 5.41) is 11.6. The molecule has 2 aromatic rings. The van der Waals surface area contributed by atoms with E-state index in [1.54, 1.807) is 12.1 Å². The Bertz CT molecular complexity index is 532. The van der Waals surface area contributed by atoms with Gasteiger partial charge in [0.05, 0.1) is 17.0 Å². The standard InChI is InChI=1S/C12H12N2O2S/c1-7(2)10-6-17-11(14-10)9-4-3-8(5-13-9)12(15)16/h3-7H,1-2H3,(H,15,16). The normalized spacial score (nSPS) is 10.8. The molecule has 4 nitrogen and oxygen atoms in total. The van der Waals surface area contributed by atoms with Crippen molar-refractivity contribution in [1.29, 1.82) is 0 Å². The molecule has 88 valence electrons. The van der Waals surface area contributed by atoms with Crippen molar-refractivity contribution < 1.29 is 9.90 Å². The molecule has 0 saturated carbocycles. The van der Waals surface area contributed by atoms with Crippen molar-refractivity contribution in [2.45, 2.75) is 19.8 Å². The maximum atomic E-state index is 10.7. The molecule has 0 fully saturated rings. The quantitative estimate of drug-likeness (QED) is 0.906. The molecule has 1 N–H and O–H groups in total. The van der Waals surface area contributed by atoms with Gasteiger partial charge in [0.2, 0.25) is 0 Å². The lowest BCUT2D eigenvalue weighted by molar-refractivity contribution is 0.0696. The van der Waals surface area contributed by atoms with Crippen LogP contribution in [0.1, 0.15) is 35.8 Å². The van der Waals surface area contributed by atoms with Gasteiger partial charge in [0.15, 0.2) is 0 Å². The molecule has 0 amide bonds. The molecule has 17 heavy (non-hydrogen) atoms. The zero-order chi connectivity index (χ0) is 12.4. The van der Waals surface area contributed by atoms with Crippen LogP contribution >= 0.6 is 11.3 Å². The number of thiazole rings is 1. The second-order valence-corrected chi connectivity index (χ2v) is 4.83. The van der Waals surface area contributed by atoms with Crippen molar-refractivity contribution in [1.82, 2.24) is 9.97 Å². The highest BCUT2D eigenvalue weighted by molar-refractivity contribution is 7.13. The van der Waals surface area contributed by atoms with Crippen LogP contribution in [0.3, 0.4) is 0 Å². The fraction of sp³-hybridized carbons (Fsp3) is 0.250. The van der Waals surface area contributed by atoms with Gasteiger partial charge in [-0.05, 0) is 18.1 Å². The number of hydrogen-bond donors (Lipinski definition) is 1. The van der Waals surface area contributed by atoms with Crippen molar-refractivity contribution in [3.05, 3.63) is 35.0 Å². The fourth-order valence-electron chi connectivity index (χ4n) is 1.32. The Morgan fingerprint density at radius 1 is 1.41 bits per heavy atom. The molecular weight excluding hydrogens is 236 g/mol. The van der Waals surface area contributed by atoms with E-state index < -0.39 is 5.97 Å². The van der Waals surface area contributed by atoms with Crippen LogP contribution in [0.5, 0.6) is 0 Å². The first-order valence-electron chi connectivity index (χ1n) is 5.23. The molecule has 0 aromatic carbocycles. The van der Waals surface area contributed by atoms with Gasteiger partial charge in [-0.3, -0.25) is 4.98 Å². The number of aromatic carboxylic acids is 1. The summed E-state index contributed by atoms with van der Waals surface area (Å²) in [4.78, 5) is 19.3. The van der Waals surface area contributed by atoms with E-state index in [0.29, 0.717) is 11.6 Å². The Balaban J connectivity index is 2.30. The van der Waals surface area contributed by atoms with E-state index in [-0.39, 0.29) is 5.56 Å². The van der Waals surface area contributed by atoms with E-state index in [9.17, 15) is 4.79 Å². The molecule has 0 unspecified atom stereocenters. The highest BCUT2D eigenvalue weighted by Crippen LogP contribution is 2.25. The lowest BCUT2D eigenvalue weighted by atomic mass is 10.2. The Morgan fingerprint density at radius 2 is 2.18 bits per heavy atom. The molecule has 0 aliphatic rings. The topological polar surface area (TPSA) is 63.1 Å². The van der Waals surface area contributed by atoms with Gasteiger partial charge in [0.1, 0.15) is 5.01 Å². The Labute approximate surface area is 103 Å². The first kappa shape index (κ1) is 11.7. The maximum Gasteiger partial charge on any atom is 0.337 e. The van der Waals surface area contributed by atoms with Crippen LogP contribution in [0.15, 0.2) is 23.7 Å². The Morgan fingerprint density at radius 3 is 2.65 bits per heavy atom. The number of hydrogen-bond acceptors (Lipinski definition) is 4. The molecule has 2 heterocycles. The molecule has 0 radical (unpaired) electrons. The minimum atomic E-state index is -0.967. The Kier molecular flexibility index (Phi) is 3.19. The summed E-state index contributed by atoms with van der Waals surface area (Å²) < 4.78 is 0. The van der Waals surface area contributed by atoms with Crippen LogP contribution in [0.2, 0.25) is 0 Å². The summed E-state index contributed by atoms with van der Waals surface area (Å²) in [5.41, 5.74) is 1.94. The number of rotatable bonds is 3. The second kappa shape index (κ2) is 4.63. The molecular formula is C12H12N2O2S. The van der Waals surface area contributed by atoms with E-state index in [2.05, 4.69) is 23.8 Å². The summed E-state index contributed by atoms with van der Waals surface area (Å²) in [7, 11) is 0. The number of pyridine rings is 1. The zero-order valence-electron chi connectivity index (χ0n) is 9.54. The lowest BCUT2D eigenvalue weighted by Gasteiger charge is -1.98. The minimum Gasteiger partial charge on any atom is -0.478 e. The van der Waals surface area contributed by atoms with Crippen molar-refractivity contribution in [3.63, 3.8) is 0 Å². The molecule has 0 bridgehead atoms. The number of aromatic nitrogens is 2. The van der Waals surface area contributed by atoms with Crippen LogP contribution < -0.4 is 0 Å². The van der Waals surface area contributed by atoms with Gasteiger partial charge in [0, 0.05) is 11.6 Å². The van der Waals surface area contributed by atoms with Gasteiger partial charge in [-0.15, -0.1) is 11.3 Å². The van der Waals surface area contributed by atoms with Crippen molar-refractivity contribution in [2.75, 3.05) is 0 Å². The molecule has 0 aliphatic carbocycles. The van der Waals surface area contributed by atoms with Crippen molar-refractivity contribution in [2.24, 2.45) is 0 Å². The lowest BCUT2D eigenvalue weighted by Crippen LogP contribution is -1.97. The summed E-state index contributed by atoms with van der Waals surface area (Å²) in [6, 6.07) is 3.23. The minimum absolute atomic E-state index is 0.189. The maximum absolute atomic E-state index is 10.7. The van der Waals surface area contributed by atoms with Crippen LogP contribution in [-0.4, -0.2) is 21.0 Å². The van der Waals surface area contributed by atoms with Gasteiger partial charge in [-0.2, -0.15) is 0 Å². The SMILES string of the molecule is CC(C)c1csc(-c2ccc(C(=O)O)cn2)n1. The highest BCUT2D eigenvalue weighted by atomic mass is 32.1. The number of carboxylic acids is 1. The van der Waals surface area contributed by atoms with E-state index in [4.69, 9.17) is 5.11 Å². The number of carbonyl (C=O) groups is 1. The zero-order valence-corrected chi connectivity index (χ0v) is 10.4. The van der Waals surface area contributed by atoms with Crippen LogP contribution in [0.25, 0.3) is 10.7 Å². The average molecular weight is 248 g/mol. The molecule has 5 heteroatoms. The van der Waals surface area contributed by atoms with Crippen molar-refractivity contribution >= 4 is 17.3 Å². The Hall–Kier alpha value is -1.75. The number of carboxylic acid groups (broad SMARTS) is 1. The third-order valence-electron chi connectivity index (χ3n) is 2.34. The average Bonchev–Trinajstić information content (AvgIpc) is 2.78. The van der Waals surface area contributed by atoms with Gasteiger partial charge in [-0.1, -0.05) is 13.8 Å². The third kappa shape index (κ3) is 2.50. The highest BCUT2D eigenvalue weighted by Gasteiger charge is 2.09. The third-order valence-corrected chi connectivity index (χ3v) is 3.23.